The molecule has 0 amide bonds. The summed E-state index contributed by atoms with van der Waals surface area (Å²) in [7, 11) is 1.51. The minimum atomic E-state index is -0.318. The smallest absolute Gasteiger partial charge is 0.133 e. The van der Waals surface area contributed by atoms with E-state index in [0.29, 0.717) is 11.3 Å². The molecule has 0 spiro atoms. The summed E-state index contributed by atoms with van der Waals surface area (Å²) in [5.74, 6) is 0.920. The van der Waals surface area contributed by atoms with E-state index >= 15 is 0 Å². The highest BCUT2D eigenvalue weighted by Gasteiger charge is 2.04. The predicted octanol–water partition coefficient (Wildman–Crippen LogP) is 3.72. The molecule has 2 aromatic rings. The second-order valence-corrected chi connectivity index (χ2v) is 4.06. The Hall–Kier alpha value is -2.03. The fourth-order valence-electron chi connectivity index (χ4n) is 1.57. The van der Waals surface area contributed by atoms with Crippen molar-refractivity contribution in [2.24, 2.45) is 0 Å². The third kappa shape index (κ3) is 3.00. The van der Waals surface area contributed by atoms with Crippen LogP contribution in [0, 0.1) is 12.7 Å². The second-order valence-electron chi connectivity index (χ2n) is 4.06. The standard InChI is InChI=1S/C15H15FO2/c1-11-3-6-13(7-4-11)18-10-12-5-8-14(17-2)9-15(12)16/h3-9H,10H2,1-2H3. The number of hydrogen-bond donors (Lipinski definition) is 0. The molecule has 2 rings (SSSR count). The zero-order valence-corrected chi connectivity index (χ0v) is 10.4. The van der Waals surface area contributed by atoms with Gasteiger partial charge in [-0.05, 0) is 31.2 Å². The summed E-state index contributed by atoms with van der Waals surface area (Å²) < 4.78 is 24.1. The summed E-state index contributed by atoms with van der Waals surface area (Å²) >= 11 is 0. The number of methoxy groups -OCH3 is 1. The van der Waals surface area contributed by atoms with Crippen LogP contribution < -0.4 is 9.47 Å². The Morgan fingerprint density at radius 3 is 2.28 bits per heavy atom. The second kappa shape index (κ2) is 5.54. The van der Waals surface area contributed by atoms with Gasteiger partial charge in [0.15, 0.2) is 0 Å². The molecule has 0 aromatic heterocycles. The highest BCUT2D eigenvalue weighted by molar-refractivity contribution is 5.30. The van der Waals surface area contributed by atoms with Gasteiger partial charge in [-0.2, -0.15) is 0 Å². The highest BCUT2D eigenvalue weighted by Crippen LogP contribution is 2.19. The van der Waals surface area contributed by atoms with E-state index in [4.69, 9.17) is 9.47 Å². The van der Waals surface area contributed by atoms with Gasteiger partial charge < -0.3 is 9.47 Å². The van der Waals surface area contributed by atoms with Gasteiger partial charge in [-0.1, -0.05) is 17.7 Å². The van der Waals surface area contributed by atoms with Crippen molar-refractivity contribution in [3.63, 3.8) is 0 Å². The molecule has 0 N–H and O–H groups in total. The zero-order valence-electron chi connectivity index (χ0n) is 10.4. The molecule has 0 radical (unpaired) electrons. The van der Waals surface area contributed by atoms with Crippen molar-refractivity contribution in [1.29, 1.82) is 0 Å². The van der Waals surface area contributed by atoms with E-state index in [1.165, 1.54) is 13.2 Å². The molecule has 0 aliphatic rings. The first-order valence-corrected chi connectivity index (χ1v) is 5.71. The van der Waals surface area contributed by atoms with Gasteiger partial charge >= 0.3 is 0 Å². The number of ether oxygens (including phenoxy) is 2. The Balaban J connectivity index is 2.04. The van der Waals surface area contributed by atoms with Crippen LogP contribution in [0.5, 0.6) is 11.5 Å². The lowest BCUT2D eigenvalue weighted by Crippen LogP contribution is -1.99. The lowest BCUT2D eigenvalue weighted by Gasteiger charge is -2.08. The molecular formula is C15H15FO2. The Morgan fingerprint density at radius 1 is 1.00 bits per heavy atom. The minimum Gasteiger partial charge on any atom is -0.497 e. The first kappa shape index (κ1) is 12.4. The van der Waals surface area contributed by atoms with E-state index in [-0.39, 0.29) is 12.4 Å². The number of hydrogen-bond acceptors (Lipinski definition) is 2. The van der Waals surface area contributed by atoms with Gasteiger partial charge in [-0.25, -0.2) is 4.39 Å². The molecule has 0 saturated carbocycles. The summed E-state index contributed by atoms with van der Waals surface area (Å²) in [5.41, 5.74) is 1.68. The van der Waals surface area contributed by atoms with Crippen LogP contribution >= 0.6 is 0 Å². The maximum atomic E-state index is 13.6. The number of aryl methyl sites for hydroxylation is 1. The molecule has 0 atom stereocenters. The maximum Gasteiger partial charge on any atom is 0.133 e. The van der Waals surface area contributed by atoms with Crippen LogP contribution in [-0.4, -0.2) is 7.11 Å². The Labute approximate surface area is 106 Å². The van der Waals surface area contributed by atoms with E-state index in [1.807, 2.05) is 31.2 Å². The Morgan fingerprint density at radius 2 is 1.67 bits per heavy atom. The third-order valence-electron chi connectivity index (χ3n) is 2.68. The molecule has 0 aliphatic heterocycles. The lowest BCUT2D eigenvalue weighted by atomic mass is 10.2. The molecule has 18 heavy (non-hydrogen) atoms. The van der Waals surface area contributed by atoms with Crippen LogP contribution in [0.2, 0.25) is 0 Å². The van der Waals surface area contributed by atoms with Crippen molar-refractivity contribution in [3.05, 3.63) is 59.4 Å². The highest BCUT2D eigenvalue weighted by atomic mass is 19.1. The van der Waals surface area contributed by atoms with Crippen molar-refractivity contribution in [2.45, 2.75) is 13.5 Å². The normalized spacial score (nSPS) is 10.2. The summed E-state index contributed by atoms with van der Waals surface area (Å²) in [6.45, 7) is 2.21. The van der Waals surface area contributed by atoms with E-state index in [0.717, 1.165) is 11.3 Å². The fourth-order valence-corrected chi connectivity index (χ4v) is 1.57. The van der Waals surface area contributed by atoms with Gasteiger partial charge in [-0.3, -0.25) is 0 Å². The molecule has 0 aliphatic carbocycles. The lowest BCUT2D eigenvalue weighted by molar-refractivity contribution is 0.299. The summed E-state index contributed by atoms with van der Waals surface area (Å²) in [6.07, 6.45) is 0. The van der Waals surface area contributed by atoms with Crippen molar-refractivity contribution >= 4 is 0 Å². The average Bonchev–Trinajstić information content (AvgIpc) is 2.39. The topological polar surface area (TPSA) is 18.5 Å². The summed E-state index contributed by atoms with van der Waals surface area (Å²) in [6, 6.07) is 12.4. The molecule has 0 fully saturated rings. The van der Waals surface area contributed by atoms with Crippen LogP contribution in [0.3, 0.4) is 0 Å². The van der Waals surface area contributed by atoms with Gasteiger partial charge in [0, 0.05) is 11.6 Å². The van der Waals surface area contributed by atoms with Gasteiger partial charge in [0.1, 0.15) is 23.9 Å². The Kier molecular flexibility index (Phi) is 3.82. The van der Waals surface area contributed by atoms with Crippen molar-refractivity contribution in [3.8, 4) is 11.5 Å². The molecule has 3 heteroatoms. The quantitative estimate of drug-likeness (QED) is 0.818. The molecule has 0 unspecified atom stereocenters. The van der Waals surface area contributed by atoms with Gasteiger partial charge in [-0.15, -0.1) is 0 Å². The van der Waals surface area contributed by atoms with Crippen LogP contribution in [0.15, 0.2) is 42.5 Å². The third-order valence-corrected chi connectivity index (χ3v) is 2.68. The number of rotatable bonds is 4. The van der Waals surface area contributed by atoms with E-state index in [9.17, 15) is 4.39 Å². The molecule has 0 heterocycles. The van der Waals surface area contributed by atoms with Crippen LogP contribution in [0.4, 0.5) is 4.39 Å². The molecule has 2 aromatic carbocycles. The minimum absolute atomic E-state index is 0.207. The maximum absolute atomic E-state index is 13.6. The molecule has 94 valence electrons. The van der Waals surface area contributed by atoms with E-state index in [1.54, 1.807) is 12.1 Å². The van der Waals surface area contributed by atoms with Crippen molar-refractivity contribution in [1.82, 2.24) is 0 Å². The van der Waals surface area contributed by atoms with Crippen LogP contribution in [0.25, 0.3) is 0 Å². The van der Waals surface area contributed by atoms with Gasteiger partial charge in [0.25, 0.3) is 0 Å². The number of halogens is 1. The van der Waals surface area contributed by atoms with Crippen LogP contribution in [-0.2, 0) is 6.61 Å². The summed E-state index contributed by atoms with van der Waals surface area (Å²) in [5, 5.41) is 0. The van der Waals surface area contributed by atoms with Crippen molar-refractivity contribution < 1.29 is 13.9 Å². The van der Waals surface area contributed by atoms with E-state index in [2.05, 4.69) is 0 Å². The largest absolute Gasteiger partial charge is 0.497 e. The Bertz CT molecular complexity index is 521. The molecular weight excluding hydrogens is 231 g/mol. The first-order chi connectivity index (χ1) is 8.69. The number of benzene rings is 2. The average molecular weight is 246 g/mol. The van der Waals surface area contributed by atoms with Crippen LogP contribution in [0.1, 0.15) is 11.1 Å². The van der Waals surface area contributed by atoms with E-state index < -0.39 is 0 Å². The zero-order chi connectivity index (χ0) is 13.0. The van der Waals surface area contributed by atoms with Crippen molar-refractivity contribution in [2.75, 3.05) is 7.11 Å². The summed E-state index contributed by atoms with van der Waals surface area (Å²) in [4.78, 5) is 0. The molecule has 2 nitrogen and oxygen atoms in total. The fraction of sp³-hybridized carbons (Fsp3) is 0.200. The molecule has 0 saturated heterocycles. The van der Waals surface area contributed by atoms with Gasteiger partial charge in [0.2, 0.25) is 0 Å². The predicted molar refractivity (Wildman–Crippen MR) is 68.5 cm³/mol. The monoisotopic (exact) mass is 246 g/mol. The van der Waals surface area contributed by atoms with Gasteiger partial charge in [0.05, 0.1) is 7.11 Å². The SMILES string of the molecule is COc1ccc(COc2ccc(C)cc2)c(F)c1. The first-order valence-electron chi connectivity index (χ1n) is 5.71. The molecule has 0 bridgehead atoms.